The number of urea groups is 1. The number of hydrogen-bond acceptors (Lipinski definition) is 2. The van der Waals surface area contributed by atoms with Crippen molar-refractivity contribution in [2.75, 3.05) is 12.4 Å². The summed E-state index contributed by atoms with van der Waals surface area (Å²) in [5.41, 5.74) is 0.0949. The topological polar surface area (TPSA) is 50.4 Å². The van der Waals surface area contributed by atoms with Crippen molar-refractivity contribution in [1.82, 2.24) is 5.32 Å². The average Bonchev–Trinajstić information content (AvgIpc) is 2.20. The van der Waals surface area contributed by atoms with Gasteiger partial charge in [-0.25, -0.2) is 9.18 Å². The molecule has 0 radical (unpaired) electrons. The number of amides is 2. The third-order valence-electron chi connectivity index (χ3n) is 1.84. The first-order valence-corrected chi connectivity index (χ1v) is 4.94. The van der Waals surface area contributed by atoms with E-state index in [0.717, 1.165) is 0 Å². The number of ether oxygens (including phenoxy) is 1. The van der Waals surface area contributed by atoms with Crippen LogP contribution in [-0.4, -0.2) is 19.2 Å². The molecule has 0 spiro atoms. The van der Waals surface area contributed by atoms with E-state index in [1.807, 2.05) is 13.8 Å². The Hall–Kier alpha value is -1.78. The molecule has 4 nitrogen and oxygen atoms in total. The first-order chi connectivity index (χ1) is 7.52. The Labute approximate surface area is 93.8 Å². The van der Waals surface area contributed by atoms with Gasteiger partial charge in [0.1, 0.15) is 11.6 Å². The molecule has 0 aromatic heterocycles. The Balaban J connectivity index is 2.75. The molecule has 5 heteroatoms. The lowest BCUT2D eigenvalue weighted by atomic mass is 10.3. The number of benzene rings is 1. The lowest BCUT2D eigenvalue weighted by molar-refractivity contribution is 0.250. The second-order valence-corrected chi connectivity index (χ2v) is 3.60. The van der Waals surface area contributed by atoms with Crippen molar-refractivity contribution in [3.63, 3.8) is 0 Å². The molecule has 2 N–H and O–H groups in total. The number of hydrogen-bond donors (Lipinski definition) is 2. The summed E-state index contributed by atoms with van der Waals surface area (Å²) in [5.74, 6) is -0.0130. The summed E-state index contributed by atoms with van der Waals surface area (Å²) in [6, 6.07) is 3.70. The van der Waals surface area contributed by atoms with E-state index in [1.165, 1.54) is 25.3 Å². The molecule has 0 fully saturated rings. The normalized spacial score (nSPS) is 10.1. The Kier molecular flexibility index (Phi) is 4.10. The maximum Gasteiger partial charge on any atom is 0.319 e. The largest absolute Gasteiger partial charge is 0.497 e. The number of carbonyl (C=O) groups is 1. The minimum atomic E-state index is -0.500. The number of methoxy groups -OCH3 is 1. The van der Waals surface area contributed by atoms with Crippen molar-refractivity contribution in [2.45, 2.75) is 19.9 Å². The highest BCUT2D eigenvalue weighted by molar-refractivity contribution is 5.89. The Morgan fingerprint density at radius 3 is 2.69 bits per heavy atom. The number of carbonyl (C=O) groups excluding carboxylic acids is 1. The van der Waals surface area contributed by atoms with Gasteiger partial charge < -0.3 is 15.4 Å². The molecule has 0 aliphatic rings. The molecular weight excluding hydrogens is 211 g/mol. The van der Waals surface area contributed by atoms with Crippen LogP contribution >= 0.6 is 0 Å². The van der Waals surface area contributed by atoms with Crippen LogP contribution in [0.4, 0.5) is 14.9 Å². The first-order valence-electron chi connectivity index (χ1n) is 4.94. The lowest BCUT2D eigenvalue weighted by Crippen LogP contribution is -2.34. The van der Waals surface area contributed by atoms with Crippen molar-refractivity contribution < 1.29 is 13.9 Å². The number of rotatable bonds is 3. The fraction of sp³-hybridized carbons (Fsp3) is 0.364. The molecule has 1 aromatic rings. The first kappa shape index (κ1) is 12.3. The zero-order chi connectivity index (χ0) is 12.1. The van der Waals surface area contributed by atoms with Crippen molar-refractivity contribution >= 4 is 11.7 Å². The molecule has 0 bridgehead atoms. The van der Waals surface area contributed by atoms with E-state index in [-0.39, 0.29) is 11.7 Å². The van der Waals surface area contributed by atoms with Gasteiger partial charge in [0.2, 0.25) is 0 Å². The van der Waals surface area contributed by atoms with E-state index in [9.17, 15) is 9.18 Å². The Morgan fingerprint density at radius 1 is 1.44 bits per heavy atom. The van der Waals surface area contributed by atoms with Crippen molar-refractivity contribution in [2.24, 2.45) is 0 Å². The van der Waals surface area contributed by atoms with Crippen LogP contribution in [0.15, 0.2) is 18.2 Å². The second-order valence-electron chi connectivity index (χ2n) is 3.60. The summed E-state index contributed by atoms with van der Waals surface area (Å²) < 4.78 is 18.2. The quantitative estimate of drug-likeness (QED) is 0.831. The molecule has 0 aliphatic heterocycles. The van der Waals surface area contributed by atoms with E-state index in [0.29, 0.717) is 5.75 Å². The van der Waals surface area contributed by atoms with Crippen LogP contribution in [-0.2, 0) is 0 Å². The predicted octanol–water partition coefficient (Wildman–Crippen LogP) is 2.36. The van der Waals surface area contributed by atoms with Gasteiger partial charge in [0.05, 0.1) is 12.8 Å². The fourth-order valence-electron chi connectivity index (χ4n) is 1.15. The highest BCUT2D eigenvalue weighted by Crippen LogP contribution is 2.20. The minimum absolute atomic E-state index is 0.00586. The zero-order valence-electron chi connectivity index (χ0n) is 9.50. The number of halogens is 1. The van der Waals surface area contributed by atoms with Crippen LogP contribution in [0.1, 0.15) is 13.8 Å². The van der Waals surface area contributed by atoms with Gasteiger partial charge in [-0.1, -0.05) is 0 Å². The van der Waals surface area contributed by atoms with Crippen molar-refractivity contribution in [3.05, 3.63) is 24.0 Å². The predicted molar refractivity (Wildman–Crippen MR) is 60.2 cm³/mol. The van der Waals surface area contributed by atoms with E-state index >= 15 is 0 Å². The summed E-state index contributed by atoms with van der Waals surface area (Å²) in [6.45, 7) is 3.64. The molecule has 0 saturated carbocycles. The molecule has 0 saturated heterocycles. The highest BCUT2D eigenvalue weighted by Gasteiger charge is 2.08. The molecule has 1 aromatic carbocycles. The van der Waals surface area contributed by atoms with E-state index in [4.69, 9.17) is 4.74 Å². The Morgan fingerprint density at radius 2 is 2.12 bits per heavy atom. The van der Waals surface area contributed by atoms with E-state index in [2.05, 4.69) is 10.6 Å². The third-order valence-corrected chi connectivity index (χ3v) is 1.84. The smallest absolute Gasteiger partial charge is 0.319 e. The molecule has 0 aliphatic carbocycles. The van der Waals surface area contributed by atoms with Gasteiger partial charge >= 0.3 is 6.03 Å². The second kappa shape index (κ2) is 5.34. The van der Waals surface area contributed by atoms with Crippen LogP contribution in [0.2, 0.25) is 0 Å². The average molecular weight is 226 g/mol. The van der Waals surface area contributed by atoms with Gasteiger partial charge in [0.25, 0.3) is 0 Å². The third kappa shape index (κ3) is 3.42. The van der Waals surface area contributed by atoms with Gasteiger partial charge in [-0.15, -0.1) is 0 Å². The lowest BCUT2D eigenvalue weighted by Gasteiger charge is -2.11. The van der Waals surface area contributed by atoms with Crippen LogP contribution < -0.4 is 15.4 Å². The monoisotopic (exact) mass is 226 g/mol. The van der Waals surface area contributed by atoms with E-state index < -0.39 is 11.8 Å². The fourth-order valence-corrected chi connectivity index (χ4v) is 1.15. The molecule has 0 atom stereocenters. The van der Waals surface area contributed by atoms with Crippen LogP contribution in [0, 0.1) is 5.82 Å². The van der Waals surface area contributed by atoms with Crippen molar-refractivity contribution in [3.8, 4) is 5.75 Å². The SMILES string of the molecule is COc1ccc(F)c(NC(=O)NC(C)C)c1. The summed E-state index contributed by atoms with van der Waals surface area (Å²) >= 11 is 0. The highest BCUT2D eigenvalue weighted by atomic mass is 19.1. The molecule has 2 amide bonds. The maximum atomic E-state index is 13.3. The molecule has 1 rings (SSSR count). The van der Waals surface area contributed by atoms with Gasteiger partial charge in [0.15, 0.2) is 0 Å². The molecule has 88 valence electrons. The number of nitrogens with one attached hydrogen (secondary N) is 2. The summed E-state index contributed by atoms with van der Waals surface area (Å²) in [4.78, 5) is 11.3. The van der Waals surface area contributed by atoms with Gasteiger partial charge in [-0.3, -0.25) is 0 Å². The van der Waals surface area contributed by atoms with Gasteiger partial charge in [-0.2, -0.15) is 0 Å². The molecule has 16 heavy (non-hydrogen) atoms. The van der Waals surface area contributed by atoms with Gasteiger partial charge in [-0.05, 0) is 26.0 Å². The van der Waals surface area contributed by atoms with Crippen molar-refractivity contribution in [1.29, 1.82) is 0 Å². The summed E-state index contributed by atoms with van der Waals surface area (Å²) in [6.07, 6.45) is 0. The van der Waals surface area contributed by atoms with Crippen LogP contribution in [0.5, 0.6) is 5.75 Å². The van der Waals surface area contributed by atoms with Crippen LogP contribution in [0.3, 0.4) is 0 Å². The molecular formula is C11H15FN2O2. The van der Waals surface area contributed by atoms with Crippen LogP contribution in [0.25, 0.3) is 0 Å². The standard InChI is InChI=1S/C11H15FN2O2/c1-7(2)13-11(15)14-10-6-8(16-3)4-5-9(10)12/h4-7H,1-3H3,(H2,13,14,15). The van der Waals surface area contributed by atoms with E-state index in [1.54, 1.807) is 0 Å². The zero-order valence-corrected chi connectivity index (χ0v) is 9.50. The summed E-state index contributed by atoms with van der Waals surface area (Å²) in [5, 5.41) is 5.01. The molecule has 0 heterocycles. The minimum Gasteiger partial charge on any atom is -0.497 e. The summed E-state index contributed by atoms with van der Waals surface area (Å²) in [7, 11) is 1.48. The molecule has 0 unspecified atom stereocenters. The Bertz CT molecular complexity index is 380. The number of anilines is 1. The maximum absolute atomic E-state index is 13.3. The van der Waals surface area contributed by atoms with Gasteiger partial charge in [0, 0.05) is 12.1 Å².